The summed E-state index contributed by atoms with van der Waals surface area (Å²) in [6.07, 6.45) is 2.79. The van der Waals surface area contributed by atoms with Gasteiger partial charge in [-0.05, 0) is 87.0 Å². The largest absolute Gasteiger partial charge is 0.455 e. The van der Waals surface area contributed by atoms with E-state index < -0.39 is 0 Å². The number of benzene rings is 6. The van der Waals surface area contributed by atoms with Crippen molar-refractivity contribution in [2.45, 2.75) is 38.0 Å². The Morgan fingerprint density at radius 2 is 1.48 bits per heavy atom. The SMILES string of the molecule is CC1CC2=C(c3ccccc31)C(c1ccc3c(oc4ccccc43)c1C(=N)/N=C(\N)c1ccccc1)CCc1cc3ccccc3cc12. The third-order valence-corrected chi connectivity index (χ3v) is 10.5. The molecule has 48 heavy (non-hydrogen) atoms. The van der Waals surface area contributed by atoms with E-state index in [9.17, 15) is 5.41 Å². The lowest BCUT2D eigenvalue weighted by Gasteiger charge is -2.32. The van der Waals surface area contributed by atoms with Gasteiger partial charge in [-0.2, -0.15) is 0 Å². The number of nitrogens with zero attached hydrogens (tertiary/aromatic N) is 1. The number of nitrogens with two attached hydrogens (primary N) is 1. The van der Waals surface area contributed by atoms with Crippen LogP contribution in [-0.4, -0.2) is 11.7 Å². The standard InChI is InChI=1S/C44H35N3O/c1-26-23-38-37-25-29-14-6-5-13-28(29)24-30(37)19-20-34(40(38)33-17-8-7-15-31(26)33)35-21-22-36-32-16-9-10-18-39(32)48-42(36)41(35)44(46)47-43(45)27-11-3-2-4-12-27/h2-18,21-22,24-26,34H,19-20,23H2,1H3,(H3,45,46,47). The van der Waals surface area contributed by atoms with E-state index >= 15 is 0 Å². The summed E-state index contributed by atoms with van der Waals surface area (Å²) in [5.41, 5.74) is 18.9. The van der Waals surface area contributed by atoms with Crippen molar-refractivity contribution in [1.82, 2.24) is 0 Å². The van der Waals surface area contributed by atoms with Gasteiger partial charge in [0.15, 0.2) is 5.84 Å². The summed E-state index contributed by atoms with van der Waals surface area (Å²) < 4.78 is 6.62. The van der Waals surface area contributed by atoms with Gasteiger partial charge in [0, 0.05) is 22.3 Å². The minimum absolute atomic E-state index is 0.0188. The van der Waals surface area contributed by atoms with Crippen molar-refractivity contribution in [2.75, 3.05) is 0 Å². The van der Waals surface area contributed by atoms with Crippen molar-refractivity contribution < 1.29 is 4.42 Å². The van der Waals surface area contributed by atoms with Crippen LogP contribution in [0.2, 0.25) is 0 Å². The average molecular weight is 622 g/mol. The minimum Gasteiger partial charge on any atom is -0.455 e. The average Bonchev–Trinajstić information content (AvgIpc) is 3.43. The van der Waals surface area contributed by atoms with Crippen LogP contribution in [0.15, 0.2) is 137 Å². The number of aryl methyl sites for hydroxylation is 1. The lowest BCUT2D eigenvalue weighted by atomic mass is 9.71. The Hall–Kier alpha value is -5.74. The fourth-order valence-electron chi connectivity index (χ4n) is 8.23. The number of fused-ring (bicyclic) bond motifs is 8. The zero-order valence-corrected chi connectivity index (χ0v) is 26.8. The van der Waals surface area contributed by atoms with E-state index in [0.29, 0.717) is 22.9 Å². The summed E-state index contributed by atoms with van der Waals surface area (Å²) >= 11 is 0. The molecule has 0 saturated carbocycles. The molecule has 232 valence electrons. The van der Waals surface area contributed by atoms with Crippen molar-refractivity contribution in [3.05, 3.63) is 166 Å². The predicted octanol–water partition coefficient (Wildman–Crippen LogP) is 10.6. The summed E-state index contributed by atoms with van der Waals surface area (Å²) in [7, 11) is 0. The maximum Gasteiger partial charge on any atom is 0.158 e. The van der Waals surface area contributed by atoms with E-state index in [-0.39, 0.29) is 11.8 Å². The fraction of sp³-hybridized carbons (Fsp3) is 0.136. The smallest absolute Gasteiger partial charge is 0.158 e. The van der Waals surface area contributed by atoms with Crippen LogP contribution in [0.4, 0.5) is 0 Å². The lowest BCUT2D eigenvalue weighted by Crippen LogP contribution is -2.18. The normalized spacial score (nSPS) is 17.6. The number of allylic oxidation sites excluding steroid dienone is 2. The molecule has 1 aromatic heterocycles. The molecule has 4 heteroatoms. The van der Waals surface area contributed by atoms with Crippen LogP contribution in [-0.2, 0) is 6.42 Å². The number of rotatable bonds is 3. The first-order valence-electron chi connectivity index (χ1n) is 16.8. The fourth-order valence-corrected chi connectivity index (χ4v) is 8.23. The van der Waals surface area contributed by atoms with Crippen molar-refractivity contribution >= 4 is 55.5 Å². The molecule has 0 fully saturated rings. The van der Waals surface area contributed by atoms with E-state index in [2.05, 4.69) is 85.8 Å². The van der Waals surface area contributed by atoms with Crippen LogP contribution < -0.4 is 5.73 Å². The van der Waals surface area contributed by atoms with Gasteiger partial charge in [0.25, 0.3) is 0 Å². The number of hydrogen-bond donors (Lipinski definition) is 2. The number of para-hydroxylation sites is 1. The first kappa shape index (κ1) is 28.5. The highest BCUT2D eigenvalue weighted by atomic mass is 16.3. The molecule has 2 unspecified atom stereocenters. The minimum atomic E-state index is 0.0188. The molecule has 0 bridgehead atoms. The molecule has 1 heterocycles. The molecule has 2 atom stereocenters. The van der Waals surface area contributed by atoms with Crippen LogP contribution >= 0.6 is 0 Å². The van der Waals surface area contributed by atoms with E-state index in [1.54, 1.807) is 0 Å². The van der Waals surface area contributed by atoms with Crippen molar-refractivity contribution in [3.63, 3.8) is 0 Å². The Balaban J connectivity index is 1.32. The van der Waals surface area contributed by atoms with Crippen LogP contribution in [0, 0.1) is 5.41 Å². The molecule has 0 spiro atoms. The highest BCUT2D eigenvalue weighted by Crippen LogP contribution is 2.53. The Labute approximate surface area is 279 Å². The van der Waals surface area contributed by atoms with Gasteiger partial charge < -0.3 is 10.2 Å². The Morgan fingerprint density at radius 1 is 0.750 bits per heavy atom. The summed E-state index contributed by atoms with van der Waals surface area (Å²) in [6.45, 7) is 2.35. The molecular formula is C44H35N3O. The molecule has 9 rings (SSSR count). The van der Waals surface area contributed by atoms with Gasteiger partial charge in [-0.25, -0.2) is 4.99 Å². The zero-order chi connectivity index (χ0) is 32.4. The summed E-state index contributed by atoms with van der Waals surface area (Å²) in [4.78, 5) is 4.76. The van der Waals surface area contributed by atoms with Gasteiger partial charge in [-0.1, -0.05) is 122 Å². The number of hydrogen-bond acceptors (Lipinski definition) is 2. The molecule has 0 radical (unpaired) electrons. The molecule has 6 aromatic carbocycles. The third-order valence-electron chi connectivity index (χ3n) is 10.5. The maximum atomic E-state index is 9.57. The number of amidine groups is 2. The van der Waals surface area contributed by atoms with E-state index in [1.165, 1.54) is 44.2 Å². The quantitative estimate of drug-likeness (QED) is 0.152. The Bertz CT molecular complexity index is 2480. The van der Waals surface area contributed by atoms with Crippen LogP contribution in [0.25, 0.3) is 43.9 Å². The highest BCUT2D eigenvalue weighted by Gasteiger charge is 2.35. The van der Waals surface area contributed by atoms with Crippen LogP contribution in [0.5, 0.6) is 0 Å². The van der Waals surface area contributed by atoms with E-state index in [1.807, 2.05) is 48.5 Å². The van der Waals surface area contributed by atoms with Crippen molar-refractivity contribution in [2.24, 2.45) is 10.7 Å². The van der Waals surface area contributed by atoms with E-state index in [4.69, 9.17) is 15.1 Å². The molecular weight excluding hydrogens is 587 g/mol. The summed E-state index contributed by atoms with van der Waals surface area (Å²) in [5.74, 6) is 0.841. The van der Waals surface area contributed by atoms with Gasteiger partial charge in [0.2, 0.25) is 0 Å². The lowest BCUT2D eigenvalue weighted by molar-refractivity contribution is 0.665. The molecule has 0 amide bonds. The molecule has 7 aromatic rings. The molecule has 0 saturated heterocycles. The second-order valence-electron chi connectivity index (χ2n) is 13.2. The van der Waals surface area contributed by atoms with Gasteiger partial charge in [0.1, 0.15) is 17.0 Å². The second kappa shape index (κ2) is 11.2. The topological polar surface area (TPSA) is 75.4 Å². The molecule has 4 nitrogen and oxygen atoms in total. The van der Waals surface area contributed by atoms with Gasteiger partial charge in [0.05, 0.1) is 5.56 Å². The second-order valence-corrected chi connectivity index (χ2v) is 13.2. The molecule has 3 N–H and O–H groups in total. The predicted molar refractivity (Wildman–Crippen MR) is 199 cm³/mol. The first-order chi connectivity index (χ1) is 23.5. The summed E-state index contributed by atoms with van der Waals surface area (Å²) in [5, 5.41) is 14.1. The van der Waals surface area contributed by atoms with Gasteiger partial charge >= 0.3 is 0 Å². The van der Waals surface area contributed by atoms with Crippen LogP contribution in [0.1, 0.15) is 70.5 Å². The number of nitrogens with one attached hydrogen (secondary N) is 1. The number of aliphatic imine (C=N–C) groups is 1. The molecule has 2 aliphatic carbocycles. The first-order valence-corrected chi connectivity index (χ1v) is 16.8. The third kappa shape index (κ3) is 4.51. The van der Waals surface area contributed by atoms with Crippen molar-refractivity contribution in [3.8, 4) is 0 Å². The number of furan rings is 1. The maximum absolute atomic E-state index is 9.57. The van der Waals surface area contributed by atoms with Crippen molar-refractivity contribution in [1.29, 1.82) is 5.41 Å². The highest BCUT2D eigenvalue weighted by molar-refractivity contribution is 6.19. The van der Waals surface area contributed by atoms with Crippen LogP contribution in [0.3, 0.4) is 0 Å². The molecule has 0 aliphatic heterocycles. The van der Waals surface area contributed by atoms with Gasteiger partial charge in [-0.3, -0.25) is 5.41 Å². The zero-order valence-electron chi connectivity index (χ0n) is 26.8. The Kier molecular flexibility index (Phi) is 6.65. The van der Waals surface area contributed by atoms with E-state index in [0.717, 1.165) is 46.7 Å². The molecule has 2 aliphatic rings. The monoisotopic (exact) mass is 621 g/mol. The Morgan fingerprint density at radius 3 is 2.33 bits per heavy atom. The summed E-state index contributed by atoms with van der Waals surface area (Å²) in [6, 6.07) is 44.7. The van der Waals surface area contributed by atoms with Gasteiger partial charge in [-0.15, -0.1) is 0 Å².